The van der Waals surface area contributed by atoms with Crippen molar-refractivity contribution in [1.82, 2.24) is 26.2 Å². The predicted molar refractivity (Wildman–Crippen MR) is 178 cm³/mol. The third-order valence-corrected chi connectivity index (χ3v) is 9.28. The first kappa shape index (κ1) is 37.5. The van der Waals surface area contributed by atoms with Gasteiger partial charge in [0.25, 0.3) is 0 Å². The fraction of sp³-hybridized carbons (Fsp3) is 0.485. The van der Waals surface area contributed by atoms with Crippen molar-refractivity contribution in [2.45, 2.75) is 94.5 Å². The summed E-state index contributed by atoms with van der Waals surface area (Å²) in [6.45, 7) is 0.226. The second-order valence-corrected chi connectivity index (χ2v) is 13.5. The van der Waals surface area contributed by atoms with Gasteiger partial charge in [0, 0.05) is 19.0 Å². The van der Waals surface area contributed by atoms with Crippen LogP contribution in [0.4, 0.5) is 0 Å². The third-order valence-electron chi connectivity index (χ3n) is 8.83. The Labute approximate surface area is 284 Å². The molecule has 2 aliphatic heterocycles. The van der Waals surface area contributed by atoms with Crippen LogP contribution in [0.3, 0.4) is 0 Å². The van der Waals surface area contributed by atoms with Gasteiger partial charge >= 0.3 is 7.82 Å². The molecule has 2 aromatic carbocycles. The van der Waals surface area contributed by atoms with Crippen molar-refractivity contribution in [3.63, 3.8) is 0 Å². The number of primary amides is 1. The summed E-state index contributed by atoms with van der Waals surface area (Å²) in [7, 11) is -3.10. The number of likely N-dealkylation sites (N-methyl/N-ethyl adjacent to an activating group) is 1. The number of carbonyl (C=O) groups excluding carboxylic acids is 5. The van der Waals surface area contributed by atoms with E-state index in [9.17, 15) is 28.5 Å². The molecule has 15 nitrogen and oxygen atoms in total. The molecule has 16 heteroatoms. The van der Waals surface area contributed by atoms with E-state index < -0.39 is 55.6 Å². The number of hydrogen-bond acceptors (Lipinski definition) is 8. The van der Waals surface area contributed by atoms with Gasteiger partial charge in [-0.05, 0) is 68.8 Å². The molecule has 0 spiro atoms. The zero-order chi connectivity index (χ0) is 35.6. The molecule has 49 heavy (non-hydrogen) atoms. The fourth-order valence-corrected chi connectivity index (χ4v) is 6.71. The smallest absolute Gasteiger partial charge is 0.404 e. The Morgan fingerprint density at radius 3 is 2.29 bits per heavy atom. The number of benzene rings is 2. The summed E-state index contributed by atoms with van der Waals surface area (Å²) in [6, 6.07) is 11.5. The van der Waals surface area contributed by atoms with Crippen LogP contribution < -0.4 is 31.5 Å². The van der Waals surface area contributed by atoms with E-state index in [1.165, 1.54) is 12.1 Å². The van der Waals surface area contributed by atoms with E-state index in [0.717, 1.165) is 12.0 Å². The highest BCUT2D eigenvalue weighted by atomic mass is 31.2. The van der Waals surface area contributed by atoms with E-state index in [0.29, 0.717) is 37.7 Å². The number of rotatable bonds is 15. The molecule has 2 aromatic rings. The van der Waals surface area contributed by atoms with Crippen LogP contribution in [-0.2, 0) is 41.5 Å². The summed E-state index contributed by atoms with van der Waals surface area (Å²) in [5.74, 6) is -2.40. The van der Waals surface area contributed by atoms with Crippen molar-refractivity contribution < 1.29 is 42.8 Å². The molecule has 5 amide bonds. The van der Waals surface area contributed by atoms with E-state index in [2.05, 4.69) is 25.8 Å². The quantitative estimate of drug-likeness (QED) is 0.129. The maximum atomic E-state index is 14.0. The highest BCUT2D eigenvalue weighted by Crippen LogP contribution is 2.37. The number of phosphoric ester groups is 1. The third kappa shape index (κ3) is 11.1. The lowest BCUT2D eigenvalue weighted by molar-refractivity contribution is -0.145. The number of phosphoric acid groups is 1. The Kier molecular flexibility index (Phi) is 13.3. The molecular weight excluding hydrogens is 655 g/mol. The van der Waals surface area contributed by atoms with Gasteiger partial charge < -0.3 is 36.4 Å². The normalized spacial score (nSPS) is 20.6. The van der Waals surface area contributed by atoms with E-state index in [4.69, 9.17) is 15.5 Å². The van der Waals surface area contributed by atoms with Crippen LogP contribution in [0.1, 0.15) is 62.5 Å². The minimum atomic E-state index is -4.71. The van der Waals surface area contributed by atoms with Gasteiger partial charge in [-0.25, -0.2) is 4.57 Å². The lowest BCUT2D eigenvalue weighted by atomic mass is 9.98. The highest BCUT2D eigenvalue weighted by molar-refractivity contribution is 7.46. The first-order chi connectivity index (χ1) is 23.3. The zero-order valence-corrected chi connectivity index (χ0v) is 28.3. The Balaban J connectivity index is 1.42. The number of amides is 5. The summed E-state index contributed by atoms with van der Waals surface area (Å²) in [6.07, 6.45) is 3.68. The second kappa shape index (κ2) is 17.4. The van der Waals surface area contributed by atoms with Gasteiger partial charge in [0.2, 0.25) is 29.5 Å². The SMILES string of the molecule is CN[C@@H](Cc1ccc(OP(=O)(O)O)cc1)C(=O)N[C@H]1CCCCC2CC[C@@H](C(=O)N[C@@H](CCC(N)=O)C(=O)NCc3ccccc3)N2C1=O. The number of hydrogen-bond donors (Lipinski definition) is 7. The first-order valence-corrected chi connectivity index (χ1v) is 17.9. The van der Waals surface area contributed by atoms with Crippen LogP contribution in [0.25, 0.3) is 0 Å². The second-order valence-electron chi connectivity index (χ2n) is 12.4. The lowest BCUT2D eigenvalue weighted by Crippen LogP contribution is -2.59. The molecule has 0 aromatic heterocycles. The average Bonchev–Trinajstić information content (AvgIpc) is 3.48. The van der Waals surface area contributed by atoms with Crippen molar-refractivity contribution in [3.8, 4) is 5.75 Å². The number of fused-ring (bicyclic) bond motifs is 1. The average molecular weight is 701 g/mol. The van der Waals surface area contributed by atoms with Crippen molar-refractivity contribution in [3.05, 3.63) is 65.7 Å². The van der Waals surface area contributed by atoms with Gasteiger partial charge in [0.1, 0.15) is 23.9 Å². The molecule has 4 rings (SSSR count). The van der Waals surface area contributed by atoms with Crippen LogP contribution >= 0.6 is 7.82 Å². The Bertz CT molecular complexity index is 1520. The van der Waals surface area contributed by atoms with Gasteiger partial charge in [0.05, 0.1) is 6.04 Å². The van der Waals surface area contributed by atoms with E-state index in [1.54, 1.807) is 24.1 Å². The van der Waals surface area contributed by atoms with Gasteiger partial charge in [-0.2, -0.15) is 0 Å². The van der Waals surface area contributed by atoms with Gasteiger partial charge in [-0.3, -0.25) is 33.8 Å². The number of nitrogens with two attached hydrogens (primary N) is 1. The van der Waals surface area contributed by atoms with Crippen molar-refractivity contribution in [2.75, 3.05) is 7.05 Å². The zero-order valence-electron chi connectivity index (χ0n) is 27.4. The van der Waals surface area contributed by atoms with E-state index in [-0.39, 0.29) is 43.5 Å². The Hall–Kier alpha value is -4.30. The van der Waals surface area contributed by atoms with Crippen LogP contribution in [0.5, 0.6) is 5.75 Å². The Morgan fingerprint density at radius 2 is 1.63 bits per heavy atom. The van der Waals surface area contributed by atoms with Crippen molar-refractivity contribution in [1.29, 1.82) is 0 Å². The topological polar surface area (TPSA) is 229 Å². The molecule has 0 saturated carbocycles. The van der Waals surface area contributed by atoms with Crippen LogP contribution in [-0.4, -0.2) is 81.5 Å². The van der Waals surface area contributed by atoms with Gasteiger partial charge in [-0.15, -0.1) is 0 Å². The number of carbonyl (C=O) groups is 5. The Morgan fingerprint density at radius 1 is 0.939 bits per heavy atom. The molecule has 2 saturated heterocycles. The summed E-state index contributed by atoms with van der Waals surface area (Å²) in [5, 5.41) is 11.4. The van der Waals surface area contributed by atoms with E-state index >= 15 is 0 Å². The summed E-state index contributed by atoms with van der Waals surface area (Å²) in [4.78, 5) is 85.5. The molecule has 0 aliphatic carbocycles. The minimum Gasteiger partial charge on any atom is -0.404 e. The summed E-state index contributed by atoms with van der Waals surface area (Å²) < 4.78 is 15.7. The maximum absolute atomic E-state index is 14.0. The van der Waals surface area contributed by atoms with Gasteiger partial charge in [0.15, 0.2) is 0 Å². The van der Waals surface area contributed by atoms with Crippen molar-refractivity contribution in [2.24, 2.45) is 5.73 Å². The highest BCUT2D eigenvalue weighted by Gasteiger charge is 2.44. The molecule has 266 valence electrons. The predicted octanol–water partition coefficient (Wildman–Crippen LogP) is 0.774. The number of nitrogens with one attached hydrogen (secondary N) is 4. The lowest BCUT2D eigenvalue weighted by Gasteiger charge is -2.36. The van der Waals surface area contributed by atoms with Crippen molar-refractivity contribution >= 4 is 37.4 Å². The molecule has 2 aliphatic rings. The molecular formula is C33H45N6O9P. The molecule has 8 N–H and O–H groups in total. The molecule has 2 fully saturated rings. The van der Waals surface area contributed by atoms with Crippen LogP contribution in [0.15, 0.2) is 54.6 Å². The van der Waals surface area contributed by atoms with Crippen LogP contribution in [0, 0.1) is 0 Å². The van der Waals surface area contributed by atoms with Crippen LogP contribution in [0.2, 0.25) is 0 Å². The maximum Gasteiger partial charge on any atom is 0.524 e. The number of nitrogens with zero attached hydrogens (tertiary/aromatic N) is 1. The first-order valence-electron chi connectivity index (χ1n) is 16.4. The summed E-state index contributed by atoms with van der Waals surface area (Å²) >= 11 is 0. The molecule has 0 radical (unpaired) electrons. The standard InChI is InChI=1S/C33H45N6O9P/c1-35-27(19-21-11-14-24(15-12-21)48-49(45,46)47)31(42)38-26-10-6-5-9-23-13-17-28(39(23)33(26)44)32(43)37-25(16-18-29(34)40)30(41)36-20-22-7-3-2-4-8-22/h2-4,7-8,11-12,14-15,23,25-28,35H,5-6,9-10,13,16-20H2,1H3,(H2,34,40)(H,36,41)(H,37,43)(H,38,42)(H2,45,46,47)/t23?,25-,26-,27-,28-/m0/s1. The molecule has 2 heterocycles. The largest absolute Gasteiger partial charge is 0.524 e. The monoisotopic (exact) mass is 700 g/mol. The van der Waals surface area contributed by atoms with Gasteiger partial charge in [-0.1, -0.05) is 55.3 Å². The molecule has 5 atom stereocenters. The minimum absolute atomic E-state index is 0.00466. The fourth-order valence-electron chi connectivity index (χ4n) is 6.31. The van der Waals surface area contributed by atoms with E-state index in [1.807, 2.05) is 30.3 Å². The summed E-state index contributed by atoms with van der Waals surface area (Å²) in [5.41, 5.74) is 6.89. The molecule has 1 unspecified atom stereocenters. The molecule has 0 bridgehead atoms.